The van der Waals surface area contributed by atoms with Gasteiger partial charge in [0.25, 0.3) is 0 Å². The second-order valence-electron chi connectivity index (χ2n) is 6.21. The summed E-state index contributed by atoms with van der Waals surface area (Å²) in [6.07, 6.45) is 4.91. The van der Waals surface area contributed by atoms with Gasteiger partial charge >= 0.3 is 0 Å². The van der Waals surface area contributed by atoms with Crippen LogP contribution in [0.15, 0.2) is 18.2 Å². The summed E-state index contributed by atoms with van der Waals surface area (Å²) in [6, 6.07) is 6.55. The molecule has 0 aromatic heterocycles. The molecule has 0 spiro atoms. The molecule has 2 nitrogen and oxygen atoms in total. The van der Waals surface area contributed by atoms with E-state index in [1.165, 1.54) is 24.0 Å². The Morgan fingerprint density at radius 3 is 2.89 bits per heavy atom. The normalized spacial score (nSPS) is 26.6. The van der Waals surface area contributed by atoms with E-state index in [-0.39, 0.29) is 5.60 Å². The highest BCUT2D eigenvalue weighted by atomic mass is 79.9. The molecule has 1 aromatic rings. The van der Waals surface area contributed by atoms with Crippen LogP contribution < -0.4 is 4.74 Å². The van der Waals surface area contributed by atoms with Crippen LogP contribution in [0, 0.1) is 0 Å². The van der Waals surface area contributed by atoms with E-state index in [1.54, 1.807) is 0 Å². The zero-order valence-corrected chi connectivity index (χ0v) is 13.2. The van der Waals surface area contributed by atoms with Crippen LogP contribution in [0.25, 0.3) is 0 Å². The van der Waals surface area contributed by atoms with Crippen molar-refractivity contribution in [3.63, 3.8) is 0 Å². The molecule has 0 N–H and O–H groups in total. The Bertz CT molecular complexity index is 464. The molecule has 0 aliphatic carbocycles. The van der Waals surface area contributed by atoms with E-state index < -0.39 is 0 Å². The molecule has 0 radical (unpaired) electrons. The van der Waals surface area contributed by atoms with Crippen molar-refractivity contribution < 1.29 is 9.47 Å². The summed E-state index contributed by atoms with van der Waals surface area (Å²) in [5.41, 5.74) is 2.57. The standard InChI is InChI=1S/C16H21BrO2/c1-16(2)10-12-9-11(6-7-13(12)19-16)15(17)14-5-3-4-8-18-14/h6-7,9,14-15H,3-5,8,10H2,1-2H3. The Hall–Kier alpha value is -0.540. The summed E-state index contributed by atoms with van der Waals surface area (Å²) < 4.78 is 11.8. The van der Waals surface area contributed by atoms with Gasteiger partial charge in [-0.2, -0.15) is 0 Å². The lowest BCUT2D eigenvalue weighted by Crippen LogP contribution is -2.24. The molecule has 0 amide bonds. The zero-order valence-electron chi connectivity index (χ0n) is 11.6. The van der Waals surface area contributed by atoms with Crippen LogP contribution in [0.1, 0.15) is 49.1 Å². The van der Waals surface area contributed by atoms with Gasteiger partial charge in [-0.15, -0.1) is 0 Å². The van der Waals surface area contributed by atoms with Gasteiger partial charge in [0.05, 0.1) is 10.9 Å². The zero-order chi connectivity index (χ0) is 13.5. The Kier molecular flexibility index (Phi) is 3.61. The Morgan fingerprint density at radius 1 is 1.32 bits per heavy atom. The number of fused-ring (bicyclic) bond motifs is 1. The van der Waals surface area contributed by atoms with Gasteiger partial charge < -0.3 is 9.47 Å². The molecule has 19 heavy (non-hydrogen) atoms. The maximum absolute atomic E-state index is 5.93. The van der Waals surface area contributed by atoms with Crippen molar-refractivity contribution in [3.8, 4) is 5.75 Å². The minimum atomic E-state index is -0.0654. The molecular weight excluding hydrogens is 304 g/mol. The average Bonchev–Trinajstić information content (AvgIpc) is 2.71. The molecule has 1 fully saturated rings. The third-order valence-electron chi connectivity index (χ3n) is 3.95. The third-order valence-corrected chi connectivity index (χ3v) is 5.07. The largest absolute Gasteiger partial charge is 0.487 e. The van der Waals surface area contributed by atoms with Gasteiger partial charge in [0, 0.05) is 13.0 Å². The van der Waals surface area contributed by atoms with E-state index in [9.17, 15) is 0 Å². The fraction of sp³-hybridized carbons (Fsp3) is 0.625. The SMILES string of the molecule is CC1(C)Cc2cc(C(Br)C3CCCCO3)ccc2O1. The fourth-order valence-corrected chi connectivity index (χ4v) is 3.71. The Balaban J connectivity index is 1.79. The van der Waals surface area contributed by atoms with Crippen LogP contribution in [0.5, 0.6) is 5.75 Å². The van der Waals surface area contributed by atoms with E-state index >= 15 is 0 Å². The molecule has 2 aliphatic rings. The second-order valence-corrected chi connectivity index (χ2v) is 7.20. The highest BCUT2D eigenvalue weighted by Gasteiger charge is 2.31. The summed E-state index contributed by atoms with van der Waals surface area (Å²) in [5.74, 6) is 1.04. The minimum Gasteiger partial charge on any atom is -0.487 e. The number of ether oxygens (including phenoxy) is 2. The van der Waals surface area contributed by atoms with Crippen molar-refractivity contribution >= 4 is 15.9 Å². The first-order valence-electron chi connectivity index (χ1n) is 7.13. The summed E-state index contributed by atoms with van der Waals surface area (Å²) >= 11 is 3.82. The average molecular weight is 325 g/mol. The van der Waals surface area contributed by atoms with Crippen LogP contribution in [-0.4, -0.2) is 18.3 Å². The van der Waals surface area contributed by atoms with Crippen LogP contribution in [0.4, 0.5) is 0 Å². The first-order chi connectivity index (χ1) is 9.05. The van der Waals surface area contributed by atoms with Crippen molar-refractivity contribution in [1.29, 1.82) is 0 Å². The molecule has 1 saturated heterocycles. The van der Waals surface area contributed by atoms with Crippen LogP contribution in [0.2, 0.25) is 0 Å². The quantitative estimate of drug-likeness (QED) is 0.750. The first-order valence-corrected chi connectivity index (χ1v) is 8.04. The van der Waals surface area contributed by atoms with Crippen LogP contribution in [0.3, 0.4) is 0 Å². The molecule has 2 aliphatic heterocycles. The summed E-state index contributed by atoms with van der Waals surface area (Å²) in [5, 5.41) is 0. The smallest absolute Gasteiger partial charge is 0.123 e. The third kappa shape index (κ3) is 2.82. The fourth-order valence-electron chi connectivity index (χ4n) is 3.01. The minimum absolute atomic E-state index is 0.0654. The molecule has 2 atom stereocenters. The molecule has 104 valence electrons. The number of halogens is 1. The number of rotatable bonds is 2. The Labute approximate surface area is 123 Å². The summed E-state index contributed by atoms with van der Waals surface area (Å²) in [4.78, 5) is 0.293. The number of hydrogen-bond acceptors (Lipinski definition) is 2. The predicted octanol–water partition coefficient (Wildman–Crippen LogP) is 4.41. The van der Waals surface area contributed by atoms with Crippen LogP contribution >= 0.6 is 15.9 Å². The van der Waals surface area contributed by atoms with Crippen molar-refractivity contribution in [3.05, 3.63) is 29.3 Å². The number of benzene rings is 1. The van der Waals surface area contributed by atoms with Gasteiger partial charge in [-0.25, -0.2) is 0 Å². The summed E-state index contributed by atoms with van der Waals surface area (Å²) in [7, 11) is 0. The monoisotopic (exact) mass is 324 g/mol. The topological polar surface area (TPSA) is 18.5 Å². The molecule has 0 saturated carbocycles. The molecule has 1 aromatic carbocycles. The molecule has 3 heteroatoms. The van der Waals surface area contributed by atoms with Crippen LogP contribution in [-0.2, 0) is 11.2 Å². The van der Waals surface area contributed by atoms with Gasteiger partial charge in [-0.05, 0) is 50.3 Å². The van der Waals surface area contributed by atoms with Crippen molar-refractivity contribution in [2.45, 2.75) is 56.1 Å². The molecule has 0 bridgehead atoms. The van der Waals surface area contributed by atoms with E-state index in [0.717, 1.165) is 25.2 Å². The first kappa shape index (κ1) is 13.4. The molecular formula is C16H21BrO2. The second kappa shape index (κ2) is 5.10. The maximum Gasteiger partial charge on any atom is 0.123 e. The van der Waals surface area contributed by atoms with Crippen molar-refractivity contribution in [2.75, 3.05) is 6.61 Å². The number of hydrogen-bond donors (Lipinski definition) is 0. The van der Waals surface area contributed by atoms with Gasteiger partial charge in [-0.3, -0.25) is 0 Å². The molecule has 2 unspecified atom stereocenters. The molecule has 2 heterocycles. The van der Waals surface area contributed by atoms with Gasteiger partial charge in [0.1, 0.15) is 11.4 Å². The predicted molar refractivity (Wildman–Crippen MR) is 80.1 cm³/mol. The van der Waals surface area contributed by atoms with Gasteiger partial charge in [-0.1, -0.05) is 28.1 Å². The number of alkyl halides is 1. The van der Waals surface area contributed by atoms with Gasteiger partial charge in [0.15, 0.2) is 0 Å². The summed E-state index contributed by atoms with van der Waals surface area (Å²) in [6.45, 7) is 5.18. The van der Waals surface area contributed by atoms with Crippen molar-refractivity contribution in [1.82, 2.24) is 0 Å². The lowest BCUT2D eigenvalue weighted by molar-refractivity contribution is 0.0160. The van der Waals surface area contributed by atoms with Crippen molar-refractivity contribution in [2.24, 2.45) is 0 Å². The lowest BCUT2D eigenvalue weighted by Gasteiger charge is -2.27. The highest BCUT2D eigenvalue weighted by molar-refractivity contribution is 9.09. The van der Waals surface area contributed by atoms with E-state index in [2.05, 4.69) is 48.0 Å². The lowest BCUT2D eigenvalue weighted by atomic mass is 9.96. The van der Waals surface area contributed by atoms with E-state index in [4.69, 9.17) is 9.47 Å². The van der Waals surface area contributed by atoms with Gasteiger partial charge in [0.2, 0.25) is 0 Å². The Morgan fingerprint density at radius 2 is 2.16 bits per heavy atom. The van der Waals surface area contributed by atoms with E-state index in [1.807, 2.05) is 0 Å². The molecule has 3 rings (SSSR count). The maximum atomic E-state index is 5.93. The highest BCUT2D eigenvalue weighted by Crippen LogP contribution is 2.39. The van der Waals surface area contributed by atoms with E-state index in [0.29, 0.717) is 10.9 Å².